The molecule has 2 bridgehead atoms. The first-order valence-electron chi connectivity index (χ1n) is 17.7. The lowest BCUT2D eigenvalue weighted by molar-refractivity contribution is -0.162. The molecule has 11 nitrogen and oxygen atoms in total. The van der Waals surface area contributed by atoms with Crippen molar-refractivity contribution < 1.29 is 33.8 Å². The van der Waals surface area contributed by atoms with Gasteiger partial charge >= 0.3 is 5.97 Å². The number of benzene rings is 2. The molecule has 2 aromatic rings. The predicted molar refractivity (Wildman–Crippen MR) is 191 cm³/mol. The Morgan fingerprint density at radius 1 is 1.08 bits per heavy atom. The topological polar surface area (TPSA) is 129 Å². The number of aliphatic hydroxyl groups is 1. The molecule has 3 amide bonds. The molecule has 3 fully saturated rings. The van der Waals surface area contributed by atoms with Crippen molar-refractivity contribution in [2.75, 3.05) is 42.6 Å². The molecular formula is C39H50N4O7. The van der Waals surface area contributed by atoms with Crippen molar-refractivity contribution >= 4 is 35.1 Å². The van der Waals surface area contributed by atoms with E-state index in [2.05, 4.69) is 37.2 Å². The van der Waals surface area contributed by atoms with Gasteiger partial charge in [0.1, 0.15) is 17.7 Å². The van der Waals surface area contributed by atoms with E-state index in [0.29, 0.717) is 30.5 Å². The summed E-state index contributed by atoms with van der Waals surface area (Å²) in [5.74, 6) is -3.54. The predicted octanol–water partition coefficient (Wildman–Crippen LogP) is 4.17. The number of carbonyl (C=O) groups excluding carboxylic acids is 4. The number of fused-ring (bicyclic) bond motifs is 1. The van der Waals surface area contributed by atoms with E-state index in [4.69, 9.17) is 9.47 Å². The lowest BCUT2D eigenvalue weighted by Gasteiger charge is -2.36. The summed E-state index contributed by atoms with van der Waals surface area (Å²) in [6.07, 6.45) is 3.46. The van der Waals surface area contributed by atoms with Crippen molar-refractivity contribution in [2.45, 2.75) is 76.3 Å². The smallest absolute Gasteiger partial charge is 0.313 e. The van der Waals surface area contributed by atoms with Crippen LogP contribution in [-0.2, 0) is 28.7 Å². The van der Waals surface area contributed by atoms with Crippen LogP contribution in [0.3, 0.4) is 0 Å². The monoisotopic (exact) mass is 686 g/mol. The Hall–Kier alpha value is -4.48. The third kappa shape index (κ3) is 6.93. The first kappa shape index (κ1) is 36.8. The number of hydrogen-bond donors (Lipinski definition) is 2. The standard InChI is InChI=1S/C39H50N4O7/c1-6-10-16-31(45)40-26(5)34(27-14-12-11-13-15-27)49-38(48)32-30-21-22-39(50-30)33(32)36(46)43(24-25-44)35(39)37(47)42(23-7-2)29-19-17-28(18-20-29)41(8-3)9-4/h6-7,11-15,17-20,26,30,32-35,44H,1-2,8-10,16,21-25H2,3-5H3,(H,40,45)/t26-,30+,32-,33-,34-,35+,39-/m0/s1. The summed E-state index contributed by atoms with van der Waals surface area (Å²) in [7, 11) is 0. The van der Waals surface area contributed by atoms with Gasteiger partial charge in [0, 0.05) is 44.0 Å². The fourth-order valence-corrected chi connectivity index (χ4v) is 8.02. The number of esters is 1. The van der Waals surface area contributed by atoms with Gasteiger partial charge < -0.3 is 34.6 Å². The first-order valence-corrected chi connectivity index (χ1v) is 17.7. The zero-order chi connectivity index (χ0) is 36.0. The van der Waals surface area contributed by atoms with E-state index in [0.717, 1.165) is 18.8 Å². The molecule has 0 aliphatic carbocycles. The highest BCUT2D eigenvalue weighted by atomic mass is 16.6. The number of rotatable bonds is 17. The number of nitrogens with one attached hydrogen (secondary N) is 1. The third-order valence-corrected chi connectivity index (χ3v) is 10.3. The summed E-state index contributed by atoms with van der Waals surface area (Å²) in [4.78, 5) is 61.0. The van der Waals surface area contributed by atoms with Crippen molar-refractivity contribution in [3.05, 3.63) is 85.5 Å². The highest BCUT2D eigenvalue weighted by Gasteiger charge is 2.75. The van der Waals surface area contributed by atoms with Crippen LogP contribution >= 0.6 is 0 Å². The average Bonchev–Trinajstić information content (AvgIpc) is 3.77. The molecule has 0 saturated carbocycles. The Labute approximate surface area is 294 Å². The molecule has 3 aliphatic rings. The van der Waals surface area contributed by atoms with Crippen LogP contribution in [0.2, 0.25) is 0 Å². The summed E-state index contributed by atoms with van der Waals surface area (Å²) in [5.41, 5.74) is 1.08. The van der Waals surface area contributed by atoms with Crippen LogP contribution in [0, 0.1) is 11.8 Å². The number of nitrogens with zero attached hydrogens (tertiary/aromatic N) is 3. The normalized spacial score (nSPS) is 24.6. The molecule has 2 N–H and O–H groups in total. The van der Waals surface area contributed by atoms with Crippen LogP contribution in [0.4, 0.5) is 11.4 Å². The maximum atomic E-state index is 14.7. The van der Waals surface area contributed by atoms with Crippen LogP contribution in [0.25, 0.3) is 0 Å². The lowest BCUT2D eigenvalue weighted by atomic mass is 9.70. The Morgan fingerprint density at radius 3 is 2.38 bits per heavy atom. The van der Waals surface area contributed by atoms with Gasteiger partial charge in [-0.15, -0.1) is 13.2 Å². The van der Waals surface area contributed by atoms with E-state index in [1.807, 2.05) is 54.6 Å². The van der Waals surface area contributed by atoms with Crippen LogP contribution in [-0.4, -0.2) is 90.3 Å². The third-order valence-electron chi connectivity index (χ3n) is 10.3. The number of allylic oxidation sites excluding steroid dienone is 1. The summed E-state index contributed by atoms with van der Waals surface area (Å²) in [6, 6.07) is 15.2. The van der Waals surface area contributed by atoms with Crippen molar-refractivity contribution in [3.8, 4) is 0 Å². The second-order valence-electron chi connectivity index (χ2n) is 13.2. The molecule has 7 atom stereocenters. The molecule has 5 rings (SSSR count). The minimum Gasteiger partial charge on any atom is -0.455 e. The minimum absolute atomic E-state index is 0.0907. The van der Waals surface area contributed by atoms with Gasteiger partial charge in [-0.3, -0.25) is 19.2 Å². The number of ether oxygens (including phenoxy) is 2. The zero-order valence-corrected chi connectivity index (χ0v) is 29.3. The first-order chi connectivity index (χ1) is 24.1. The number of anilines is 2. The minimum atomic E-state index is -1.27. The summed E-state index contributed by atoms with van der Waals surface area (Å²) < 4.78 is 12.8. The van der Waals surface area contributed by atoms with Gasteiger partial charge in [0.05, 0.1) is 30.6 Å². The van der Waals surface area contributed by atoms with Gasteiger partial charge in [-0.2, -0.15) is 0 Å². The van der Waals surface area contributed by atoms with E-state index in [-0.39, 0.29) is 37.9 Å². The van der Waals surface area contributed by atoms with Crippen LogP contribution in [0.1, 0.15) is 58.1 Å². The molecule has 1 spiro atoms. The summed E-state index contributed by atoms with van der Waals surface area (Å²) >= 11 is 0. The van der Waals surface area contributed by atoms with Gasteiger partial charge in [0.2, 0.25) is 11.8 Å². The molecule has 0 aromatic heterocycles. The molecule has 3 saturated heterocycles. The van der Waals surface area contributed by atoms with E-state index >= 15 is 0 Å². The van der Waals surface area contributed by atoms with E-state index in [9.17, 15) is 24.3 Å². The molecule has 3 aliphatic heterocycles. The SMILES string of the molecule is C=CCCC(=O)N[C@@H](C)[C@H](OC(=O)[C@@H]1[C@H]2C(=O)N(CCO)[C@H](C(=O)N(CC=C)c3ccc(N(CC)CC)cc3)[C@]23CC[C@H]1O3)c1ccccc1. The highest BCUT2D eigenvalue weighted by Crippen LogP contribution is 2.59. The van der Waals surface area contributed by atoms with Crippen molar-refractivity contribution in [1.29, 1.82) is 0 Å². The largest absolute Gasteiger partial charge is 0.455 e. The maximum Gasteiger partial charge on any atom is 0.313 e. The molecule has 0 unspecified atom stereocenters. The van der Waals surface area contributed by atoms with Crippen LogP contribution in [0.5, 0.6) is 0 Å². The molecule has 2 aromatic carbocycles. The van der Waals surface area contributed by atoms with E-state index in [1.54, 1.807) is 24.0 Å². The number of likely N-dealkylation sites (tertiary alicyclic amines) is 1. The van der Waals surface area contributed by atoms with Gasteiger partial charge in [0.25, 0.3) is 5.91 Å². The van der Waals surface area contributed by atoms with E-state index in [1.165, 1.54) is 4.90 Å². The van der Waals surface area contributed by atoms with Crippen molar-refractivity contribution in [1.82, 2.24) is 10.2 Å². The Kier molecular flexibility index (Phi) is 11.8. The quantitative estimate of drug-likeness (QED) is 0.188. The van der Waals surface area contributed by atoms with Crippen LogP contribution in [0.15, 0.2) is 79.9 Å². The van der Waals surface area contributed by atoms with E-state index < -0.39 is 53.6 Å². The Morgan fingerprint density at radius 2 is 1.76 bits per heavy atom. The molecule has 0 radical (unpaired) electrons. The van der Waals surface area contributed by atoms with Gasteiger partial charge in [-0.1, -0.05) is 42.5 Å². The second-order valence-corrected chi connectivity index (χ2v) is 13.2. The van der Waals surface area contributed by atoms with Crippen molar-refractivity contribution in [3.63, 3.8) is 0 Å². The number of aliphatic hydroxyl groups excluding tert-OH is 1. The number of β-amino-alcohol motifs (C(OH)–C–C–N with tert-alkyl or cyclic N) is 1. The van der Waals surface area contributed by atoms with Gasteiger partial charge in [-0.05, 0) is 69.9 Å². The highest BCUT2D eigenvalue weighted by molar-refractivity contribution is 6.04. The van der Waals surface area contributed by atoms with Crippen LogP contribution < -0.4 is 15.1 Å². The number of carbonyl (C=O) groups is 4. The zero-order valence-electron chi connectivity index (χ0n) is 29.3. The fraction of sp³-hybridized carbons (Fsp3) is 0.487. The summed E-state index contributed by atoms with van der Waals surface area (Å²) in [5, 5.41) is 13.0. The summed E-state index contributed by atoms with van der Waals surface area (Å²) in [6.45, 7) is 14.9. The Bertz CT molecular complexity index is 1550. The van der Waals surface area contributed by atoms with Gasteiger partial charge in [-0.25, -0.2) is 0 Å². The molecule has 50 heavy (non-hydrogen) atoms. The molecular weight excluding hydrogens is 636 g/mol. The van der Waals surface area contributed by atoms with Gasteiger partial charge in [0.15, 0.2) is 0 Å². The maximum absolute atomic E-state index is 14.7. The number of amides is 3. The van der Waals surface area contributed by atoms with Crippen molar-refractivity contribution in [2.24, 2.45) is 11.8 Å². The average molecular weight is 687 g/mol. The fourth-order valence-electron chi connectivity index (χ4n) is 8.02. The molecule has 3 heterocycles. The molecule has 268 valence electrons. The second kappa shape index (κ2) is 16.0. The molecule has 11 heteroatoms. The number of hydrogen-bond acceptors (Lipinski definition) is 8. The Balaban J connectivity index is 1.44. The lowest BCUT2D eigenvalue weighted by Crippen LogP contribution is -2.56.